The van der Waals surface area contributed by atoms with Crippen LogP contribution in [0, 0.1) is 6.92 Å². The smallest absolute Gasteiger partial charge is 0.256 e. The van der Waals surface area contributed by atoms with E-state index < -0.39 is 24.5 Å². The van der Waals surface area contributed by atoms with Crippen LogP contribution in [-0.4, -0.2) is 34.6 Å². The molecule has 2 aromatic heterocycles. The Labute approximate surface area is 173 Å². The fraction of sp³-hybridized carbons (Fsp3) is 0.318. The number of carbonyl (C=O) groups excluding carboxylic acids is 2. The molecule has 0 spiro atoms. The number of nitrogens with one attached hydrogen (secondary N) is 1. The fourth-order valence-corrected chi connectivity index (χ4v) is 3.24. The standard InChI is InChI=1S/C22H23N3O5/c1-12-2-3-13(9-24-12)11-29-15-6-7-18-16(8-15)19(20(30-18)14-4-5-14)22(28)25-17(10-26)21(23)27/h2-3,6-9,14,17,26H,4-5,10-11H2,1H3,(H2,23,27)(H,25,28). The van der Waals surface area contributed by atoms with Crippen LogP contribution in [0.1, 0.15) is 46.1 Å². The topological polar surface area (TPSA) is 128 Å². The molecular weight excluding hydrogens is 386 g/mol. The molecule has 2 heterocycles. The van der Waals surface area contributed by atoms with Crippen molar-refractivity contribution in [1.82, 2.24) is 10.3 Å². The Hall–Kier alpha value is -3.39. The van der Waals surface area contributed by atoms with Gasteiger partial charge in [-0.15, -0.1) is 0 Å². The van der Waals surface area contributed by atoms with E-state index in [0.717, 1.165) is 24.1 Å². The van der Waals surface area contributed by atoms with Gasteiger partial charge in [-0.25, -0.2) is 0 Å². The number of carbonyl (C=O) groups is 2. The lowest BCUT2D eigenvalue weighted by Crippen LogP contribution is -2.46. The number of benzene rings is 1. The van der Waals surface area contributed by atoms with Crippen molar-refractivity contribution in [2.75, 3.05) is 6.61 Å². The number of aliphatic hydroxyl groups is 1. The molecule has 1 aromatic carbocycles. The second-order valence-electron chi connectivity index (χ2n) is 7.48. The molecule has 4 rings (SSSR count). The number of aliphatic hydroxyl groups excluding tert-OH is 1. The van der Waals surface area contributed by atoms with E-state index in [9.17, 15) is 14.7 Å². The second-order valence-corrected chi connectivity index (χ2v) is 7.48. The number of furan rings is 1. The van der Waals surface area contributed by atoms with Gasteiger partial charge in [-0.05, 0) is 44.0 Å². The first-order chi connectivity index (χ1) is 14.5. The fourth-order valence-electron chi connectivity index (χ4n) is 3.24. The minimum atomic E-state index is -1.16. The molecule has 0 bridgehead atoms. The van der Waals surface area contributed by atoms with Crippen molar-refractivity contribution in [3.8, 4) is 5.75 Å². The summed E-state index contributed by atoms with van der Waals surface area (Å²) < 4.78 is 11.8. The maximum Gasteiger partial charge on any atom is 0.256 e. The summed E-state index contributed by atoms with van der Waals surface area (Å²) in [5.41, 5.74) is 8.01. The lowest BCUT2D eigenvalue weighted by atomic mass is 10.1. The molecule has 8 heteroatoms. The lowest BCUT2D eigenvalue weighted by Gasteiger charge is -2.13. The van der Waals surface area contributed by atoms with Gasteiger partial charge in [-0.1, -0.05) is 6.07 Å². The number of aryl methyl sites for hydroxylation is 1. The molecule has 1 aliphatic rings. The molecule has 156 valence electrons. The van der Waals surface area contributed by atoms with Gasteiger partial charge in [0.2, 0.25) is 5.91 Å². The average molecular weight is 409 g/mol. The molecule has 1 saturated carbocycles. The van der Waals surface area contributed by atoms with Crippen LogP contribution < -0.4 is 15.8 Å². The normalized spacial score (nSPS) is 14.5. The molecule has 1 aliphatic carbocycles. The van der Waals surface area contributed by atoms with E-state index in [4.69, 9.17) is 14.9 Å². The second kappa shape index (κ2) is 8.16. The first-order valence-corrected chi connectivity index (χ1v) is 9.78. The highest BCUT2D eigenvalue weighted by atomic mass is 16.5. The maximum atomic E-state index is 12.9. The van der Waals surface area contributed by atoms with E-state index in [2.05, 4.69) is 10.3 Å². The van der Waals surface area contributed by atoms with E-state index >= 15 is 0 Å². The molecule has 1 fully saturated rings. The Bertz CT molecular complexity index is 1090. The summed E-state index contributed by atoms with van der Waals surface area (Å²) in [6.07, 6.45) is 3.63. The Morgan fingerprint density at radius 2 is 2.13 bits per heavy atom. The summed E-state index contributed by atoms with van der Waals surface area (Å²) in [6.45, 7) is 1.68. The third kappa shape index (κ3) is 4.13. The van der Waals surface area contributed by atoms with Crippen molar-refractivity contribution in [2.24, 2.45) is 5.73 Å². The monoisotopic (exact) mass is 409 g/mol. The predicted octanol–water partition coefficient (Wildman–Crippen LogP) is 2.17. The van der Waals surface area contributed by atoms with Gasteiger partial charge in [-0.3, -0.25) is 14.6 Å². The van der Waals surface area contributed by atoms with Crippen LogP contribution in [0.2, 0.25) is 0 Å². The van der Waals surface area contributed by atoms with E-state index in [1.54, 1.807) is 24.4 Å². The van der Waals surface area contributed by atoms with Crippen LogP contribution in [-0.2, 0) is 11.4 Å². The number of fused-ring (bicyclic) bond motifs is 1. The number of nitrogens with two attached hydrogens (primary N) is 1. The van der Waals surface area contributed by atoms with Crippen molar-refractivity contribution in [3.05, 3.63) is 59.1 Å². The summed E-state index contributed by atoms with van der Waals surface area (Å²) in [7, 11) is 0. The van der Waals surface area contributed by atoms with Crippen molar-refractivity contribution in [3.63, 3.8) is 0 Å². The van der Waals surface area contributed by atoms with Crippen LogP contribution in [0.25, 0.3) is 11.0 Å². The number of hydrogen-bond donors (Lipinski definition) is 3. The Kier molecular flexibility index (Phi) is 5.41. The molecule has 4 N–H and O–H groups in total. The van der Waals surface area contributed by atoms with Gasteiger partial charge >= 0.3 is 0 Å². The number of aromatic nitrogens is 1. The number of nitrogens with zero attached hydrogens (tertiary/aromatic N) is 1. The van der Waals surface area contributed by atoms with Gasteiger partial charge in [0.05, 0.1) is 12.2 Å². The minimum absolute atomic E-state index is 0.169. The molecule has 30 heavy (non-hydrogen) atoms. The van der Waals surface area contributed by atoms with Crippen LogP contribution in [0.3, 0.4) is 0 Å². The van der Waals surface area contributed by atoms with Gasteiger partial charge in [0.25, 0.3) is 5.91 Å². The zero-order chi connectivity index (χ0) is 21.3. The van der Waals surface area contributed by atoms with Crippen molar-refractivity contribution >= 4 is 22.8 Å². The number of rotatable bonds is 8. The first-order valence-electron chi connectivity index (χ1n) is 9.78. The van der Waals surface area contributed by atoms with Gasteiger partial charge in [0, 0.05) is 28.8 Å². The van der Waals surface area contributed by atoms with E-state index in [-0.39, 0.29) is 5.92 Å². The van der Waals surface area contributed by atoms with Crippen LogP contribution in [0.4, 0.5) is 0 Å². The van der Waals surface area contributed by atoms with Crippen LogP contribution in [0.5, 0.6) is 5.75 Å². The first kappa shape index (κ1) is 19.9. The Balaban J connectivity index is 1.63. The molecule has 0 saturated heterocycles. The third-order valence-corrected chi connectivity index (χ3v) is 5.07. The zero-order valence-electron chi connectivity index (χ0n) is 16.6. The van der Waals surface area contributed by atoms with Gasteiger partial charge in [0.1, 0.15) is 29.7 Å². The van der Waals surface area contributed by atoms with E-state index in [0.29, 0.717) is 34.6 Å². The Morgan fingerprint density at radius 3 is 2.77 bits per heavy atom. The summed E-state index contributed by atoms with van der Waals surface area (Å²) in [6, 6.07) is 7.99. The largest absolute Gasteiger partial charge is 0.489 e. The van der Waals surface area contributed by atoms with E-state index in [1.165, 1.54) is 0 Å². The van der Waals surface area contributed by atoms with Gasteiger partial charge < -0.3 is 25.3 Å². The molecule has 2 amide bonds. The van der Waals surface area contributed by atoms with Crippen molar-refractivity contribution in [2.45, 2.75) is 38.3 Å². The van der Waals surface area contributed by atoms with E-state index in [1.807, 2.05) is 19.1 Å². The quantitative estimate of drug-likeness (QED) is 0.523. The third-order valence-electron chi connectivity index (χ3n) is 5.07. The highest BCUT2D eigenvalue weighted by Crippen LogP contribution is 2.45. The highest BCUT2D eigenvalue weighted by Gasteiger charge is 2.34. The minimum Gasteiger partial charge on any atom is -0.489 e. The molecule has 0 aliphatic heterocycles. The summed E-state index contributed by atoms with van der Waals surface area (Å²) in [5.74, 6) is 0.0236. The van der Waals surface area contributed by atoms with Crippen molar-refractivity contribution in [1.29, 1.82) is 0 Å². The van der Waals surface area contributed by atoms with Gasteiger partial charge in [0.15, 0.2) is 0 Å². The molecule has 3 aromatic rings. The molecule has 8 nitrogen and oxygen atoms in total. The predicted molar refractivity (Wildman–Crippen MR) is 109 cm³/mol. The average Bonchev–Trinajstić information content (AvgIpc) is 3.51. The maximum absolute atomic E-state index is 12.9. The number of amides is 2. The molecule has 1 unspecified atom stereocenters. The number of ether oxygens (including phenoxy) is 1. The van der Waals surface area contributed by atoms with Crippen molar-refractivity contribution < 1.29 is 23.8 Å². The van der Waals surface area contributed by atoms with Crippen LogP contribution >= 0.6 is 0 Å². The summed E-state index contributed by atoms with van der Waals surface area (Å²) in [5, 5.41) is 12.4. The number of pyridine rings is 1. The lowest BCUT2D eigenvalue weighted by molar-refractivity contribution is -0.120. The number of hydrogen-bond acceptors (Lipinski definition) is 6. The molecule has 1 atom stereocenters. The molecular formula is C22H23N3O5. The van der Waals surface area contributed by atoms with Gasteiger partial charge in [-0.2, -0.15) is 0 Å². The van der Waals surface area contributed by atoms with Crippen LogP contribution in [0.15, 0.2) is 40.9 Å². The number of primary amides is 1. The summed E-state index contributed by atoms with van der Waals surface area (Å²) in [4.78, 5) is 28.6. The highest BCUT2D eigenvalue weighted by molar-refractivity contribution is 6.09. The Morgan fingerprint density at radius 1 is 1.33 bits per heavy atom. The zero-order valence-corrected chi connectivity index (χ0v) is 16.6. The summed E-state index contributed by atoms with van der Waals surface area (Å²) >= 11 is 0. The SMILES string of the molecule is Cc1ccc(COc2ccc3oc(C4CC4)c(C(=O)NC(CO)C(N)=O)c3c2)cn1. The molecule has 0 radical (unpaired) electrons.